The number of benzene rings is 1. The molecule has 20 heavy (non-hydrogen) atoms. The molecule has 1 N–H and O–H groups in total. The number of likely N-dealkylation sites (tertiary alicyclic amines) is 1. The molecule has 2 heterocycles. The molecular weight excluding hydrogens is 322 g/mol. The molecule has 4 nitrogen and oxygen atoms in total. The van der Waals surface area contributed by atoms with E-state index in [1.165, 1.54) is 11.1 Å². The average Bonchev–Trinajstić information content (AvgIpc) is 3.04. The smallest absolute Gasteiger partial charge is 0.127 e. The molecule has 1 saturated heterocycles. The Morgan fingerprint density at radius 1 is 1.50 bits per heavy atom. The van der Waals surface area contributed by atoms with Crippen molar-refractivity contribution in [2.45, 2.75) is 31.5 Å². The fourth-order valence-electron chi connectivity index (χ4n) is 3.17. The molecule has 0 aliphatic carbocycles. The molecule has 1 fully saturated rings. The summed E-state index contributed by atoms with van der Waals surface area (Å²) in [5.74, 6) is 1.03. The molecule has 5 heteroatoms. The molecule has 0 saturated carbocycles. The molecule has 0 radical (unpaired) electrons. The number of aliphatic hydroxyl groups excluding tert-OH is 1. The Bertz CT molecular complexity index is 494. The van der Waals surface area contributed by atoms with Gasteiger partial charge in [0.2, 0.25) is 0 Å². The van der Waals surface area contributed by atoms with Crippen LogP contribution >= 0.6 is 15.9 Å². The summed E-state index contributed by atoms with van der Waals surface area (Å²) in [7, 11) is 1.74. The van der Waals surface area contributed by atoms with Crippen LogP contribution in [0, 0.1) is 0 Å². The van der Waals surface area contributed by atoms with E-state index in [-0.39, 0.29) is 18.8 Å². The van der Waals surface area contributed by atoms with E-state index < -0.39 is 0 Å². The summed E-state index contributed by atoms with van der Waals surface area (Å²) >= 11 is 3.57. The normalized spacial score (nSPS) is 25.8. The van der Waals surface area contributed by atoms with Crippen molar-refractivity contribution in [2.75, 3.05) is 26.9 Å². The molecular formula is C15H20BrNO3. The van der Waals surface area contributed by atoms with Gasteiger partial charge >= 0.3 is 0 Å². The number of methoxy groups -OCH3 is 1. The molecule has 0 bridgehead atoms. The van der Waals surface area contributed by atoms with Gasteiger partial charge in [-0.3, -0.25) is 4.90 Å². The monoisotopic (exact) mass is 341 g/mol. The largest absolute Gasteiger partial charge is 0.493 e. The molecule has 0 aromatic heterocycles. The van der Waals surface area contributed by atoms with Crippen LogP contribution in [-0.2, 0) is 17.7 Å². The van der Waals surface area contributed by atoms with Gasteiger partial charge in [0.15, 0.2) is 0 Å². The molecule has 0 unspecified atom stereocenters. The lowest BCUT2D eigenvalue weighted by Gasteiger charge is -2.23. The van der Waals surface area contributed by atoms with Crippen LogP contribution in [0.4, 0.5) is 0 Å². The molecule has 0 amide bonds. The highest BCUT2D eigenvalue weighted by Crippen LogP contribution is 2.35. The lowest BCUT2D eigenvalue weighted by atomic mass is 10.1. The van der Waals surface area contributed by atoms with Crippen molar-refractivity contribution in [1.82, 2.24) is 4.90 Å². The SMILES string of the molecule is CO[C@H]1C[C@@H](CO)N(Cc2cc(Br)cc3c2OCC3)C1. The van der Waals surface area contributed by atoms with E-state index in [2.05, 4.69) is 33.0 Å². The quantitative estimate of drug-likeness (QED) is 0.909. The number of rotatable bonds is 4. The van der Waals surface area contributed by atoms with Gasteiger partial charge in [0.25, 0.3) is 0 Å². The van der Waals surface area contributed by atoms with Crippen LogP contribution < -0.4 is 4.74 Å². The zero-order valence-electron chi connectivity index (χ0n) is 11.6. The third kappa shape index (κ3) is 2.72. The number of ether oxygens (including phenoxy) is 2. The molecule has 2 aliphatic rings. The van der Waals surface area contributed by atoms with Crippen molar-refractivity contribution in [3.05, 3.63) is 27.7 Å². The summed E-state index contributed by atoms with van der Waals surface area (Å²) in [5.41, 5.74) is 2.47. The Morgan fingerprint density at radius 2 is 2.35 bits per heavy atom. The highest BCUT2D eigenvalue weighted by molar-refractivity contribution is 9.10. The number of hydrogen-bond donors (Lipinski definition) is 1. The van der Waals surface area contributed by atoms with Gasteiger partial charge in [0, 0.05) is 42.7 Å². The Hall–Kier alpha value is -0.620. The second kappa shape index (κ2) is 6.02. The van der Waals surface area contributed by atoms with E-state index in [1.54, 1.807) is 7.11 Å². The van der Waals surface area contributed by atoms with Crippen molar-refractivity contribution in [3.63, 3.8) is 0 Å². The van der Waals surface area contributed by atoms with Crippen LogP contribution in [0.15, 0.2) is 16.6 Å². The molecule has 0 spiro atoms. The van der Waals surface area contributed by atoms with E-state index >= 15 is 0 Å². The Kier molecular flexibility index (Phi) is 4.31. The molecule has 1 aromatic carbocycles. The van der Waals surface area contributed by atoms with E-state index in [4.69, 9.17) is 9.47 Å². The second-order valence-corrected chi connectivity index (χ2v) is 6.43. The molecule has 2 aliphatic heterocycles. The molecule has 110 valence electrons. The average molecular weight is 342 g/mol. The van der Waals surface area contributed by atoms with Crippen LogP contribution in [0.5, 0.6) is 5.75 Å². The topological polar surface area (TPSA) is 41.9 Å². The first-order valence-corrected chi connectivity index (χ1v) is 7.82. The van der Waals surface area contributed by atoms with Gasteiger partial charge in [-0.25, -0.2) is 0 Å². The number of nitrogens with zero attached hydrogens (tertiary/aromatic N) is 1. The van der Waals surface area contributed by atoms with Gasteiger partial charge in [-0.15, -0.1) is 0 Å². The van der Waals surface area contributed by atoms with Gasteiger partial charge in [0.1, 0.15) is 5.75 Å². The Morgan fingerprint density at radius 3 is 3.10 bits per heavy atom. The summed E-state index contributed by atoms with van der Waals surface area (Å²) in [6, 6.07) is 4.44. The maximum atomic E-state index is 9.54. The van der Waals surface area contributed by atoms with Crippen LogP contribution in [0.3, 0.4) is 0 Å². The van der Waals surface area contributed by atoms with Crippen LogP contribution in [0.1, 0.15) is 17.5 Å². The third-order valence-electron chi connectivity index (χ3n) is 4.23. The highest BCUT2D eigenvalue weighted by Gasteiger charge is 2.32. The summed E-state index contributed by atoms with van der Waals surface area (Å²) in [6.45, 7) is 2.61. The van der Waals surface area contributed by atoms with Crippen LogP contribution in [0.25, 0.3) is 0 Å². The number of hydrogen-bond acceptors (Lipinski definition) is 4. The van der Waals surface area contributed by atoms with Gasteiger partial charge in [-0.2, -0.15) is 0 Å². The van der Waals surface area contributed by atoms with E-state index in [0.717, 1.165) is 42.8 Å². The molecule has 2 atom stereocenters. The first-order chi connectivity index (χ1) is 9.71. The lowest BCUT2D eigenvalue weighted by molar-refractivity contribution is 0.107. The standard InChI is InChI=1S/C15H20BrNO3/c1-19-14-6-13(9-18)17(8-14)7-11-5-12(16)4-10-2-3-20-15(10)11/h4-5,13-14,18H,2-3,6-9H2,1H3/t13-,14-/m0/s1. The number of aliphatic hydroxyl groups is 1. The summed E-state index contributed by atoms with van der Waals surface area (Å²) in [6.07, 6.45) is 2.09. The fraction of sp³-hybridized carbons (Fsp3) is 0.600. The summed E-state index contributed by atoms with van der Waals surface area (Å²) in [5, 5.41) is 9.54. The maximum absolute atomic E-state index is 9.54. The van der Waals surface area contributed by atoms with Crippen LogP contribution in [0.2, 0.25) is 0 Å². The molecule has 3 rings (SSSR count). The predicted octanol–water partition coefficient (Wildman–Crippen LogP) is 1.97. The summed E-state index contributed by atoms with van der Waals surface area (Å²) < 4.78 is 12.3. The summed E-state index contributed by atoms with van der Waals surface area (Å²) in [4.78, 5) is 2.29. The van der Waals surface area contributed by atoms with Crippen molar-refractivity contribution < 1.29 is 14.6 Å². The minimum atomic E-state index is 0.177. The Labute approximate surface area is 127 Å². The van der Waals surface area contributed by atoms with Crippen LogP contribution in [-0.4, -0.2) is 49.0 Å². The first kappa shape index (κ1) is 14.3. The zero-order chi connectivity index (χ0) is 14.1. The minimum Gasteiger partial charge on any atom is -0.493 e. The molecule has 1 aromatic rings. The van der Waals surface area contributed by atoms with E-state index in [9.17, 15) is 5.11 Å². The third-order valence-corrected chi connectivity index (χ3v) is 4.69. The van der Waals surface area contributed by atoms with Crippen molar-refractivity contribution in [1.29, 1.82) is 0 Å². The van der Waals surface area contributed by atoms with Gasteiger partial charge in [-0.05, 0) is 24.1 Å². The minimum absolute atomic E-state index is 0.177. The van der Waals surface area contributed by atoms with Gasteiger partial charge < -0.3 is 14.6 Å². The van der Waals surface area contributed by atoms with E-state index in [0.29, 0.717) is 0 Å². The van der Waals surface area contributed by atoms with Crippen molar-refractivity contribution in [3.8, 4) is 5.75 Å². The number of halogens is 1. The fourth-order valence-corrected chi connectivity index (χ4v) is 3.73. The predicted molar refractivity (Wildman–Crippen MR) is 80.0 cm³/mol. The van der Waals surface area contributed by atoms with Gasteiger partial charge in [-0.1, -0.05) is 15.9 Å². The second-order valence-electron chi connectivity index (χ2n) is 5.51. The van der Waals surface area contributed by atoms with Crippen molar-refractivity contribution in [2.24, 2.45) is 0 Å². The maximum Gasteiger partial charge on any atom is 0.127 e. The first-order valence-electron chi connectivity index (χ1n) is 7.03. The number of fused-ring (bicyclic) bond motifs is 1. The van der Waals surface area contributed by atoms with Crippen molar-refractivity contribution >= 4 is 15.9 Å². The van der Waals surface area contributed by atoms with Gasteiger partial charge in [0.05, 0.1) is 19.3 Å². The zero-order valence-corrected chi connectivity index (χ0v) is 13.2. The van der Waals surface area contributed by atoms with E-state index in [1.807, 2.05) is 0 Å². The highest BCUT2D eigenvalue weighted by atomic mass is 79.9. The Balaban J connectivity index is 1.81. The lowest BCUT2D eigenvalue weighted by Crippen LogP contribution is -2.32.